The van der Waals surface area contributed by atoms with Crippen LogP contribution in [-0.2, 0) is 23.0 Å². The third-order valence-corrected chi connectivity index (χ3v) is 5.82. The standard InChI is InChI=1S/C23H22ClF3N4O4/c1-21(20-29-18(31-35-20)10-33-15-5-3-14(24)4-6-15)12-22(2,13-21)30-19(32)11-34-16-7-8-17(28-9-16)23(25,26)27/h3-9H,10-13H2,1-2H3,(H,30,32). The minimum Gasteiger partial charge on any atom is -0.485 e. The lowest BCUT2D eigenvalue weighted by atomic mass is 9.59. The van der Waals surface area contributed by atoms with E-state index in [0.29, 0.717) is 35.3 Å². The van der Waals surface area contributed by atoms with Gasteiger partial charge in [-0.25, -0.2) is 4.98 Å². The summed E-state index contributed by atoms with van der Waals surface area (Å²) in [5.74, 6) is 1.13. The van der Waals surface area contributed by atoms with Crippen LogP contribution >= 0.6 is 11.6 Å². The SMILES string of the molecule is CC1(NC(=O)COc2ccc(C(F)(F)F)nc2)CC(C)(c2nc(COc3ccc(Cl)cc3)no2)C1. The quantitative estimate of drug-likeness (QED) is 0.468. The van der Waals surface area contributed by atoms with Crippen molar-refractivity contribution in [3.05, 3.63) is 65.0 Å². The second kappa shape index (κ2) is 9.37. The summed E-state index contributed by atoms with van der Waals surface area (Å²) in [6.07, 6.45) is -2.51. The lowest BCUT2D eigenvalue weighted by Gasteiger charge is -2.51. The smallest absolute Gasteiger partial charge is 0.433 e. The Hall–Kier alpha value is -3.34. The normalized spacial score (nSPS) is 21.8. The molecule has 8 nitrogen and oxygen atoms in total. The maximum absolute atomic E-state index is 12.6. The van der Waals surface area contributed by atoms with Crippen molar-refractivity contribution in [3.63, 3.8) is 0 Å². The van der Waals surface area contributed by atoms with E-state index in [2.05, 4.69) is 20.4 Å². The number of aromatic nitrogens is 3. The second-order valence-electron chi connectivity index (χ2n) is 8.95. The van der Waals surface area contributed by atoms with Gasteiger partial charge in [0.1, 0.15) is 17.2 Å². The maximum Gasteiger partial charge on any atom is 0.433 e. The number of halogens is 4. The maximum atomic E-state index is 12.6. The number of rotatable bonds is 8. The van der Waals surface area contributed by atoms with Crippen LogP contribution in [0.3, 0.4) is 0 Å². The molecule has 0 unspecified atom stereocenters. The monoisotopic (exact) mass is 510 g/mol. The number of carbonyl (C=O) groups is 1. The van der Waals surface area contributed by atoms with Gasteiger partial charge in [0, 0.05) is 10.6 Å². The van der Waals surface area contributed by atoms with Crippen LogP contribution < -0.4 is 14.8 Å². The van der Waals surface area contributed by atoms with Gasteiger partial charge in [0.05, 0.1) is 11.6 Å². The zero-order valence-electron chi connectivity index (χ0n) is 18.9. The summed E-state index contributed by atoms with van der Waals surface area (Å²) in [6, 6.07) is 8.83. The summed E-state index contributed by atoms with van der Waals surface area (Å²) in [5, 5.41) is 7.47. The van der Waals surface area contributed by atoms with Crippen LogP contribution in [0.2, 0.25) is 5.02 Å². The van der Waals surface area contributed by atoms with E-state index < -0.39 is 28.7 Å². The van der Waals surface area contributed by atoms with Crippen molar-refractivity contribution in [1.29, 1.82) is 0 Å². The van der Waals surface area contributed by atoms with Gasteiger partial charge in [-0.2, -0.15) is 18.2 Å². The fourth-order valence-electron chi connectivity index (χ4n) is 4.30. The first-order valence-electron chi connectivity index (χ1n) is 10.6. The average molecular weight is 511 g/mol. The molecular formula is C23H22ClF3N4O4. The highest BCUT2D eigenvalue weighted by molar-refractivity contribution is 6.30. The van der Waals surface area contributed by atoms with E-state index in [4.69, 9.17) is 25.6 Å². The van der Waals surface area contributed by atoms with Gasteiger partial charge >= 0.3 is 6.18 Å². The van der Waals surface area contributed by atoms with Gasteiger partial charge in [-0.15, -0.1) is 0 Å². The zero-order chi connectivity index (χ0) is 25.3. The van der Waals surface area contributed by atoms with Crippen molar-refractivity contribution in [2.75, 3.05) is 6.61 Å². The molecule has 186 valence electrons. The molecule has 1 N–H and O–H groups in total. The molecule has 0 saturated heterocycles. The van der Waals surface area contributed by atoms with E-state index in [0.717, 1.165) is 18.3 Å². The number of hydrogen-bond acceptors (Lipinski definition) is 7. The predicted octanol–water partition coefficient (Wildman–Crippen LogP) is 4.72. The van der Waals surface area contributed by atoms with Crippen molar-refractivity contribution in [3.8, 4) is 11.5 Å². The zero-order valence-corrected chi connectivity index (χ0v) is 19.6. The van der Waals surface area contributed by atoms with Crippen LogP contribution in [-0.4, -0.2) is 33.2 Å². The first-order valence-corrected chi connectivity index (χ1v) is 11.0. The molecule has 12 heteroatoms. The van der Waals surface area contributed by atoms with Crippen molar-refractivity contribution in [2.24, 2.45) is 0 Å². The van der Waals surface area contributed by atoms with Crippen LogP contribution in [0.1, 0.15) is 44.1 Å². The molecule has 1 amide bonds. The molecule has 3 aromatic rings. The molecule has 1 aromatic carbocycles. The summed E-state index contributed by atoms with van der Waals surface area (Å²) in [4.78, 5) is 20.1. The van der Waals surface area contributed by atoms with Gasteiger partial charge in [-0.3, -0.25) is 4.79 Å². The molecule has 0 spiro atoms. The summed E-state index contributed by atoms with van der Waals surface area (Å²) in [6.45, 7) is 3.62. The molecule has 4 rings (SSSR count). The van der Waals surface area contributed by atoms with E-state index in [1.165, 1.54) is 0 Å². The Morgan fingerprint density at radius 3 is 2.43 bits per heavy atom. The van der Waals surface area contributed by atoms with Crippen LogP contribution in [0.25, 0.3) is 0 Å². The molecule has 0 bridgehead atoms. The molecule has 1 aliphatic rings. The number of amides is 1. The Kier molecular flexibility index (Phi) is 6.63. The minimum absolute atomic E-state index is 0.0657. The van der Waals surface area contributed by atoms with Crippen molar-refractivity contribution in [2.45, 2.75) is 50.4 Å². The number of ether oxygens (including phenoxy) is 2. The number of hydrogen-bond donors (Lipinski definition) is 1. The summed E-state index contributed by atoms with van der Waals surface area (Å²) in [7, 11) is 0. The third kappa shape index (κ3) is 6.02. The molecule has 0 radical (unpaired) electrons. The number of benzene rings is 1. The van der Waals surface area contributed by atoms with E-state index >= 15 is 0 Å². The van der Waals surface area contributed by atoms with E-state index in [9.17, 15) is 18.0 Å². The number of pyridine rings is 1. The Morgan fingerprint density at radius 2 is 1.80 bits per heavy atom. The largest absolute Gasteiger partial charge is 0.485 e. The second-order valence-corrected chi connectivity index (χ2v) is 9.38. The minimum atomic E-state index is -4.54. The number of carbonyl (C=O) groups excluding carboxylic acids is 1. The van der Waals surface area contributed by atoms with Gasteiger partial charge in [-0.1, -0.05) is 23.7 Å². The van der Waals surface area contributed by atoms with Gasteiger partial charge in [0.25, 0.3) is 5.91 Å². The van der Waals surface area contributed by atoms with Crippen LogP contribution in [0.4, 0.5) is 13.2 Å². The summed E-state index contributed by atoms with van der Waals surface area (Å²) < 4.78 is 54.1. The van der Waals surface area contributed by atoms with Crippen LogP contribution in [0.15, 0.2) is 47.1 Å². The predicted molar refractivity (Wildman–Crippen MR) is 118 cm³/mol. The molecule has 1 saturated carbocycles. The molecule has 0 aliphatic heterocycles. The molecule has 2 heterocycles. The molecule has 2 aromatic heterocycles. The number of nitrogens with one attached hydrogen (secondary N) is 1. The Bertz CT molecular complexity index is 1180. The highest BCUT2D eigenvalue weighted by Crippen LogP contribution is 2.49. The van der Waals surface area contributed by atoms with E-state index in [1.807, 2.05) is 13.8 Å². The number of alkyl halides is 3. The molecular weight excluding hydrogens is 489 g/mol. The summed E-state index contributed by atoms with van der Waals surface area (Å²) >= 11 is 5.86. The topological polar surface area (TPSA) is 99.4 Å². The van der Waals surface area contributed by atoms with Crippen LogP contribution in [0, 0.1) is 0 Å². The highest BCUT2D eigenvalue weighted by atomic mass is 35.5. The molecule has 35 heavy (non-hydrogen) atoms. The van der Waals surface area contributed by atoms with Gasteiger partial charge in [-0.05, 0) is 56.2 Å². The Balaban J connectivity index is 1.25. The van der Waals surface area contributed by atoms with Crippen molar-refractivity contribution in [1.82, 2.24) is 20.4 Å². The van der Waals surface area contributed by atoms with E-state index in [-0.39, 0.29) is 19.0 Å². The Labute approximate surface area is 203 Å². The lowest BCUT2D eigenvalue weighted by molar-refractivity contribution is -0.141. The number of nitrogens with zero attached hydrogens (tertiary/aromatic N) is 3. The van der Waals surface area contributed by atoms with E-state index in [1.54, 1.807) is 24.3 Å². The average Bonchev–Trinajstić information content (AvgIpc) is 3.26. The summed E-state index contributed by atoms with van der Waals surface area (Å²) in [5.41, 5.74) is -1.98. The fraction of sp³-hybridized carbons (Fsp3) is 0.391. The van der Waals surface area contributed by atoms with Crippen LogP contribution in [0.5, 0.6) is 11.5 Å². The third-order valence-electron chi connectivity index (χ3n) is 5.56. The molecule has 1 aliphatic carbocycles. The van der Waals surface area contributed by atoms with Crippen molar-refractivity contribution < 1.29 is 32.0 Å². The Morgan fingerprint density at radius 1 is 1.11 bits per heavy atom. The molecule has 1 fully saturated rings. The molecule has 0 atom stereocenters. The van der Waals surface area contributed by atoms with Crippen molar-refractivity contribution >= 4 is 17.5 Å². The fourth-order valence-corrected chi connectivity index (χ4v) is 4.43. The lowest BCUT2D eigenvalue weighted by Crippen LogP contribution is -2.61. The highest BCUT2D eigenvalue weighted by Gasteiger charge is 2.53. The van der Waals surface area contributed by atoms with Gasteiger partial charge < -0.3 is 19.3 Å². The first-order chi connectivity index (χ1) is 16.4. The van der Waals surface area contributed by atoms with Gasteiger partial charge in [0.15, 0.2) is 13.2 Å². The first kappa shape index (κ1) is 24.8. The van der Waals surface area contributed by atoms with Gasteiger partial charge in [0.2, 0.25) is 11.7 Å².